The highest BCUT2D eigenvalue weighted by atomic mass is 32.2. The number of nitrogens with zero attached hydrogens (tertiary/aromatic N) is 1. The fourth-order valence-electron chi connectivity index (χ4n) is 2.82. The van der Waals surface area contributed by atoms with Gasteiger partial charge in [-0.1, -0.05) is 6.07 Å². The number of nitrogens with one attached hydrogen (secondary N) is 1. The molecule has 144 valence electrons. The zero-order valence-corrected chi connectivity index (χ0v) is 15.5. The highest BCUT2D eigenvalue weighted by Gasteiger charge is 2.31. The van der Waals surface area contributed by atoms with Crippen molar-refractivity contribution in [3.05, 3.63) is 53.6 Å². The summed E-state index contributed by atoms with van der Waals surface area (Å²) in [5.41, 5.74) is 1.00. The summed E-state index contributed by atoms with van der Waals surface area (Å²) in [6, 6.07) is 7.78. The van der Waals surface area contributed by atoms with E-state index in [9.17, 15) is 22.0 Å². The maximum Gasteiger partial charge on any atom is 0.265 e. The smallest absolute Gasteiger partial charge is 0.265 e. The SMILES string of the molecule is Cc1ccc2c(c1)N(S(C)(=O)=O)CCC(C(=O)Nc1ccc(F)cc1F)O2. The van der Waals surface area contributed by atoms with Gasteiger partial charge >= 0.3 is 0 Å². The number of sulfonamides is 1. The van der Waals surface area contributed by atoms with E-state index in [1.54, 1.807) is 18.2 Å². The van der Waals surface area contributed by atoms with Crippen LogP contribution in [0.25, 0.3) is 0 Å². The summed E-state index contributed by atoms with van der Waals surface area (Å²) >= 11 is 0. The molecule has 2 aromatic rings. The second kappa shape index (κ2) is 7.15. The lowest BCUT2D eigenvalue weighted by Crippen LogP contribution is -2.36. The zero-order valence-electron chi connectivity index (χ0n) is 14.7. The standard InChI is InChI=1S/C18H18F2N2O4S/c1-11-3-6-16-15(9-11)22(27(2,24)25)8-7-17(26-16)18(23)21-14-5-4-12(19)10-13(14)20/h3-6,9-10,17H,7-8H2,1-2H3,(H,21,23). The number of rotatable bonds is 3. The van der Waals surface area contributed by atoms with Gasteiger partial charge in [-0.05, 0) is 36.8 Å². The van der Waals surface area contributed by atoms with E-state index in [1.165, 1.54) is 4.31 Å². The number of carbonyl (C=O) groups excluding carboxylic acids is 1. The first-order chi connectivity index (χ1) is 12.6. The summed E-state index contributed by atoms with van der Waals surface area (Å²) in [7, 11) is -3.58. The maximum atomic E-state index is 13.8. The highest BCUT2D eigenvalue weighted by molar-refractivity contribution is 7.92. The van der Waals surface area contributed by atoms with Crippen LogP contribution < -0.4 is 14.4 Å². The molecule has 0 saturated carbocycles. The van der Waals surface area contributed by atoms with Gasteiger partial charge in [-0.15, -0.1) is 0 Å². The Balaban J connectivity index is 1.88. The molecule has 3 rings (SSSR count). The van der Waals surface area contributed by atoms with Crippen molar-refractivity contribution < 1.29 is 26.7 Å². The van der Waals surface area contributed by atoms with Crippen LogP contribution >= 0.6 is 0 Å². The fourth-order valence-corrected chi connectivity index (χ4v) is 3.76. The predicted octanol–water partition coefficient (Wildman–Crippen LogP) is 2.83. The van der Waals surface area contributed by atoms with Crippen molar-refractivity contribution in [1.29, 1.82) is 0 Å². The molecule has 0 radical (unpaired) electrons. The first-order valence-corrected chi connectivity index (χ1v) is 10.0. The van der Waals surface area contributed by atoms with E-state index in [4.69, 9.17) is 4.74 Å². The van der Waals surface area contributed by atoms with E-state index in [0.717, 1.165) is 24.0 Å². The Bertz CT molecular complexity index is 995. The van der Waals surface area contributed by atoms with Crippen LogP contribution in [0, 0.1) is 18.6 Å². The molecule has 0 aromatic heterocycles. The van der Waals surface area contributed by atoms with Gasteiger partial charge in [-0.25, -0.2) is 17.2 Å². The topological polar surface area (TPSA) is 75.7 Å². The molecule has 1 aliphatic rings. The van der Waals surface area contributed by atoms with Crippen LogP contribution in [0.5, 0.6) is 5.75 Å². The van der Waals surface area contributed by atoms with Crippen LogP contribution in [0.2, 0.25) is 0 Å². The third-order valence-electron chi connectivity index (χ3n) is 4.13. The summed E-state index contributed by atoms with van der Waals surface area (Å²) < 4.78 is 58.0. The van der Waals surface area contributed by atoms with E-state index in [-0.39, 0.29) is 24.4 Å². The Morgan fingerprint density at radius 2 is 1.96 bits per heavy atom. The normalized spacial score (nSPS) is 16.9. The number of halogens is 2. The van der Waals surface area contributed by atoms with Crippen molar-refractivity contribution in [1.82, 2.24) is 0 Å². The van der Waals surface area contributed by atoms with E-state index >= 15 is 0 Å². The quantitative estimate of drug-likeness (QED) is 0.866. The summed E-state index contributed by atoms with van der Waals surface area (Å²) in [5, 5.41) is 2.36. The van der Waals surface area contributed by atoms with Crippen LogP contribution in [0.1, 0.15) is 12.0 Å². The molecular weight excluding hydrogens is 378 g/mol. The molecule has 1 atom stereocenters. The number of benzene rings is 2. The van der Waals surface area contributed by atoms with Crippen LogP contribution in [0.3, 0.4) is 0 Å². The van der Waals surface area contributed by atoms with Gasteiger partial charge in [0.1, 0.15) is 17.4 Å². The number of aryl methyl sites for hydroxylation is 1. The van der Waals surface area contributed by atoms with Crippen molar-refractivity contribution in [3.8, 4) is 5.75 Å². The maximum absolute atomic E-state index is 13.8. The number of amides is 1. The zero-order chi connectivity index (χ0) is 19.8. The van der Waals surface area contributed by atoms with Gasteiger partial charge < -0.3 is 10.1 Å². The number of carbonyl (C=O) groups is 1. The Kier molecular flexibility index (Phi) is 5.05. The van der Waals surface area contributed by atoms with Crippen molar-refractivity contribution in [3.63, 3.8) is 0 Å². The molecule has 1 unspecified atom stereocenters. The van der Waals surface area contributed by atoms with Crippen molar-refractivity contribution >= 4 is 27.3 Å². The highest BCUT2D eigenvalue weighted by Crippen LogP contribution is 2.35. The van der Waals surface area contributed by atoms with Crippen molar-refractivity contribution in [2.75, 3.05) is 22.4 Å². The second-order valence-electron chi connectivity index (χ2n) is 6.31. The van der Waals surface area contributed by atoms with Crippen molar-refractivity contribution in [2.45, 2.75) is 19.4 Å². The van der Waals surface area contributed by atoms with Gasteiger partial charge in [0.05, 0.1) is 17.6 Å². The molecule has 0 fully saturated rings. The molecule has 0 aliphatic carbocycles. The minimum atomic E-state index is -3.58. The van der Waals surface area contributed by atoms with Gasteiger partial charge in [0.2, 0.25) is 10.0 Å². The molecule has 2 aromatic carbocycles. The third kappa shape index (κ3) is 4.19. The van der Waals surface area contributed by atoms with Gasteiger partial charge in [-0.3, -0.25) is 9.10 Å². The molecular formula is C18H18F2N2O4S. The number of fused-ring (bicyclic) bond motifs is 1. The molecule has 0 saturated heterocycles. The first-order valence-electron chi connectivity index (χ1n) is 8.16. The lowest BCUT2D eigenvalue weighted by atomic mass is 10.2. The lowest BCUT2D eigenvalue weighted by Gasteiger charge is -2.21. The van der Waals surface area contributed by atoms with Gasteiger partial charge in [0.15, 0.2) is 6.10 Å². The Labute approximate surface area is 155 Å². The first kappa shape index (κ1) is 19.1. The van der Waals surface area contributed by atoms with E-state index in [1.807, 2.05) is 6.92 Å². The predicted molar refractivity (Wildman–Crippen MR) is 97.4 cm³/mol. The van der Waals surface area contributed by atoms with E-state index < -0.39 is 33.7 Å². The summed E-state index contributed by atoms with van der Waals surface area (Å²) in [6.07, 6.45) is 0.103. The summed E-state index contributed by atoms with van der Waals surface area (Å²) in [4.78, 5) is 12.5. The molecule has 1 heterocycles. The Morgan fingerprint density at radius 3 is 2.63 bits per heavy atom. The summed E-state index contributed by atoms with van der Waals surface area (Å²) in [6.45, 7) is 1.84. The Hall–Kier alpha value is -2.68. The van der Waals surface area contributed by atoms with Crippen molar-refractivity contribution in [2.24, 2.45) is 0 Å². The largest absolute Gasteiger partial charge is 0.478 e. The summed E-state index contributed by atoms with van der Waals surface area (Å²) in [5.74, 6) is -2.08. The van der Waals surface area contributed by atoms with Crippen LogP contribution in [-0.2, 0) is 14.8 Å². The average molecular weight is 396 g/mol. The number of anilines is 2. The van der Waals surface area contributed by atoms with Crippen LogP contribution in [0.15, 0.2) is 36.4 Å². The minimum absolute atomic E-state index is 0.0271. The third-order valence-corrected chi connectivity index (χ3v) is 5.31. The monoisotopic (exact) mass is 396 g/mol. The van der Waals surface area contributed by atoms with E-state index in [2.05, 4.69) is 5.32 Å². The molecule has 6 nitrogen and oxygen atoms in total. The second-order valence-corrected chi connectivity index (χ2v) is 8.22. The number of hydrogen-bond acceptors (Lipinski definition) is 4. The molecule has 1 aliphatic heterocycles. The van der Waals surface area contributed by atoms with Crippen LogP contribution in [-0.4, -0.2) is 33.2 Å². The lowest BCUT2D eigenvalue weighted by molar-refractivity contribution is -0.122. The molecule has 1 amide bonds. The number of ether oxygens (including phenoxy) is 1. The molecule has 1 N–H and O–H groups in total. The van der Waals surface area contributed by atoms with E-state index in [0.29, 0.717) is 11.8 Å². The minimum Gasteiger partial charge on any atom is -0.478 e. The molecule has 0 spiro atoms. The molecule has 0 bridgehead atoms. The Morgan fingerprint density at radius 1 is 1.22 bits per heavy atom. The fraction of sp³-hybridized carbons (Fsp3) is 0.278. The van der Waals surface area contributed by atoms with Crippen LogP contribution in [0.4, 0.5) is 20.2 Å². The average Bonchev–Trinajstić information content (AvgIpc) is 2.76. The van der Waals surface area contributed by atoms with Gasteiger partial charge in [-0.2, -0.15) is 0 Å². The number of hydrogen-bond donors (Lipinski definition) is 1. The molecule has 9 heteroatoms. The molecule has 27 heavy (non-hydrogen) atoms. The van der Waals surface area contributed by atoms with Gasteiger partial charge in [0, 0.05) is 19.0 Å². The van der Waals surface area contributed by atoms with Gasteiger partial charge in [0.25, 0.3) is 5.91 Å².